The number of hydrogen-bond donors (Lipinski definition) is 1. The highest BCUT2D eigenvalue weighted by molar-refractivity contribution is 6.29. The van der Waals surface area contributed by atoms with E-state index in [1.807, 2.05) is 19.9 Å². The van der Waals surface area contributed by atoms with Gasteiger partial charge in [0.2, 0.25) is 5.88 Å². The van der Waals surface area contributed by atoms with Crippen LogP contribution in [0.5, 0.6) is 5.88 Å². The lowest BCUT2D eigenvalue weighted by molar-refractivity contribution is 0.143. The van der Waals surface area contributed by atoms with E-state index in [0.717, 1.165) is 18.4 Å². The highest BCUT2D eigenvalue weighted by Gasteiger charge is 2.33. The maximum Gasteiger partial charge on any atom is 0.294 e. The molecule has 2 aromatic heterocycles. The summed E-state index contributed by atoms with van der Waals surface area (Å²) in [6.07, 6.45) is 3.76. The summed E-state index contributed by atoms with van der Waals surface area (Å²) in [7, 11) is 3.21. The van der Waals surface area contributed by atoms with E-state index in [-0.39, 0.29) is 22.6 Å². The molecular formula is C18H23ClN4O3. The first-order chi connectivity index (χ1) is 12.4. The Kier molecular flexibility index (Phi) is 5.48. The third-order valence-corrected chi connectivity index (χ3v) is 4.75. The van der Waals surface area contributed by atoms with Crippen molar-refractivity contribution in [3.63, 3.8) is 0 Å². The summed E-state index contributed by atoms with van der Waals surface area (Å²) in [5, 5.41) is 3.34. The molecule has 2 aromatic rings. The summed E-state index contributed by atoms with van der Waals surface area (Å²) in [6.45, 7) is 4.19. The normalized spacial score (nSPS) is 15.0. The second kappa shape index (κ2) is 7.63. The topological polar surface area (TPSA) is 78.3 Å². The van der Waals surface area contributed by atoms with Gasteiger partial charge < -0.3 is 19.4 Å². The highest BCUT2D eigenvalue weighted by atomic mass is 35.5. The lowest BCUT2D eigenvalue weighted by atomic mass is 10.2. The fourth-order valence-corrected chi connectivity index (χ4v) is 3.24. The molecular weight excluding hydrogens is 356 g/mol. The van der Waals surface area contributed by atoms with Crippen LogP contribution in [0.3, 0.4) is 0 Å². The first-order valence-corrected chi connectivity index (χ1v) is 8.89. The number of aryl methyl sites for hydroxylation is 2. The van der Waals surface area contributed by atoms with Crippen molar-refractivity contribution >= 4 is 23.1 Å². The number of rotatable bonds is 7. The third kappa shape index (κ3) is 3.83. The standard InChI is InChI=1S/C18H23ClN4O3/c1-10-7-13(11(2)20-17(10)26-4)21-16-18(24)23(8-15(19)22-16)14(9-25-3)12-5-6-12/h7-8,12,14H,5-6,9H2,1-4H3,(H,21,22)/t14-/m1/s1. The monoisotopic (exact) mass is 378 g/mol. The summed E-state index contributed by atoms with van der Waals surface area (Å²) in [5.41, 5.74) is 2.03. The van der Waals surface area contributed by atoms with Gasteiger partial charge in [-0.05, 0) is 38.7 Å². The number of nitrogens with zero attached hydrogens (tertiary/aromatic N) is 3. The summed E-state index contributed by atoms with van der Waals surface area (Å²) in [4.78, 5) is 21.5. The molecule has 1 fully saturated rings. The molecule has 1 atom stereocenters. The molecule has 3 rings (SSSR count). The number of methoxy groups -OCH3 is 2. The van der Waals surface area contributed by atoms with E-state index in [1.165, 1.54) is 0 Å². The molecule has 0 unspecified atom stereocenters. The van der Waals surface area contributed by atoms with Crippen molar-refractivity contribution in [2.75, 3.05) is 26.1 Å². The molecule has 8 heteroatoms. The molecule has 0 aromatic carbocycles. The van der Waals surface area contributed by atoms with Crippen molar-refractivity contribution < 1.29 is 9.47 Å². The van der Waals surface area contributed by atoms with Crippen LogP contribution in [0, 0.1) is 19.8 Å². The van der Waals surface area contributed by atoms with Gasteiger partial charge in [0.15, 0.2) is 5.82 Å². The summed E-state index contributed by atoms with van der Waals surface area (Å²) < 4.78 is 12.2. The zero-order valence-corrected chi connectivity index (χ0v) is 16.1. The Morgan fingerprint density at radius 1 is 1.35 bits per heavy atom. The van der Waals surface area contributed by atoms with Crippen LogP contribution in [0.4, 0.5) is 11.5 Å². The molecule has 0 radical (unpaired) electrons. The van der Waals surface area contributed by atoms with E-state index < -0.39 is 0 Å². The van der Waals surface area contributed by atoms with Gasteiger partial charge in [-0.2, -0.15) is 0 Å². The smallest absolute Gasteiger partial charge is 0.294 e. The lowest BCUT2D eigenvalue weighted by Gasteiger charge is -2.20. The third-order valence-electron chi connectivity index (χ3n) is 4.57. The second-order valence-corrected chi connectivity index (χ2v) is 6.94. The first kappa shape index (κ1) is 18.7. The van der Waals surface area contributed by atoms with Crippen molar-refractivity contribution in [2.45, 2.75) is 32.7 Å². The van der Waals surface area contributed by atoms with Gasteiger partial charge in [0.1, 0.15) is 5.15 Å². The van der Waals surface area contributed by atoms with Gasteiger partial charge >= 0.3 is 0 Å². The number of hydrogen-bond acceptors (Lipinski definition) is 6. The molecule has 1 aliphatic rings. The predicted molar refractivity (Wildman–Crippen MR) is 101 cm³/mol. The van der Waals surface area contributed by atoms with Crippen molar-refractivity contribution in [2.24, 2.45) is 5.92 Å². The van der Waals surface area contributed by atoms with Crippen molar-refractivity contribution in [3.8, 4) is 5.88 Å². The number of ether oxygens (including phenoxy) is 2. The van der Waals surface area contributed by atoms with Crippen LogP contribution in [-0.2, 0) is 4.74 Å². The number of anilines is 2. The predicted octanol–water partition coefficient (Wildman–Crippen LogP) is 3.26. The van der Waals surface area contributed by atoms with Crippen LogP contribution in [0.2, 0.25) is 5.15 Å². The summed E-state index contributed by atoms with van der Waals surface area (Å²) in [5.74, 6) is 1.16. The molecule has 0 amide bonds. The van der Waals surface area contributed by atoms with Gasteiger partial charge in [-0.25, -0.2) is 9.97 Å². The molecule has 2 heterocycles. The minimum Gasteiger partial charge on any atom is -0.481 e. The Morgan fingerprint density at radius 2 is 2.08 bits per heavy atom. The molecule has 1 N–H and O–H groups in total. The van der Waals surface area contributed by atoms with Crippen molar-refractivity contribution in [1.82, 2.24) is 14.5 Å². The maximum absolute atomic E-state index is 13.0. The summed E-state index contributed by atoms with van der Waals surface area (Å²) >= 11 is 6.19. The molecule has 0 aliphatic heterocycles. The lowest BCUT2D eigenvalue weighted by Crippen LogP contribution is -2.30. The van der Waals surface area contributed by atoms with E-state index in [2.05, 4.69) is 15.3 Å². The number of halogens is 1. The molecule has 7 nitrogen and oxygen atoms in total. The van der Waals surface area contributed by atoms with Gasteiger partial charge in [0, 0.05) is 18.9 Å². The fraction of sp³-hybridized carbons (Fsp3) is 0.500. The molecule has 1 aliphatic carbocycles. The molecule has 0 spiro atoms. The van der Waals surface area contributed by atoms with Crippen molar-refractivity contribution in [1.29, 1.82) is 0 Å². The number of aromatic nitrogens is 3. The maximum atomic E-state index is 13.0. The fourth-order valence-electron chi connectivity index (χ4n) is 3.05. The van der Waals surface area contributed by atoms with E-state index >= 15 is 0 Å². The van der Waals surface area contributed by atoms with Crippen molar-refractivity contribution in [3.05, 3.63) is 39.0 Å². The Balaban J connectivity index is 1.99. The zero-order valence-electron chi connectivity index (χ0n) is 15.4. The molecule has 26 heavy (non-hydrogen) atoms. The van der Waals surface area contributed by atoms with Crippen LogP contribution in [-0.4, -0.2) is 35.4 Å². The molecule has 140 valence electrons. The molecule has 0 bridgehead atoms. The van der Waals surface area contributed by atoms with Crippen LogP contribution in [0.15, 0.2) is 17.1 Å². The first-order valence-electron chi connectivity index (χ1n) is 8.51. The average molecular weight is 379 g/mol. The van der Waals surface area contributed by atoms with Crippen LogP contribution >= 0.6 is 11.6 Å². The Hall–Kier alpha value is -2.12. The Labute approximate surface area is 157 Å². The number of pyridine rings is 1. The van der Waals surface area contributed by atoms with Crippen LogP contribution < -0.4 is 15.6 Å². The second-order valence-electron chi connectivity index (χ2n) is 6.56. The van der Waals surface area contributed by atoms with Crippen LogP contribution in [0.25, 0.3) is 0 Å². The Bertz CT molecular complexity index is 864. The van der Waals surface area contributed by atoms with Gasteiger partial charge in [0.25, 0.3) is 5.56 Å². The largest absolute Gasteiger partial charge is 0.481 e. The minimum atomic E-state index is -0.226. The average Bonchev–Trinajstić information content (AvgIpc) is 3.43. The van der Waals surface area contributed by atoms with E-state index in [1.54, 1.807) is 25.0 Å². The molecule has 1 saturated carbocycles. The zero-order chi connectivity index (χ0) is 18.8. The summed E-state index contributed by atoms with van der Waals surface area (Å²) in [6, 6.07) is 1.84. The van der Waals surface area contributed by atoms with Crippen LogP contribution in [0.1, 0.15) is 30.1 Å². The van der Waals surface area contributed by atoms with Gasteiger partial charge in [-0.15, -0.1) is 0 Å². The molecule has 0 saturated heterocycles. The SMILES string of the molecule is COC[C@H](C1CC1)n1cc(Cl)nc(Nc2cc(C)c(OC)nc2C)c1=O. The number of nitrogens with one attached hydrogen (secondary N) is 1. The van der Waals surface area contributed by atoms with E-state index in [4.69, 9.17) is 21.1 Å². The quantitative estimate of drug-likeness (QED) is 0.796. The Morgan fingerprint density at radius 3 is 2.69 bits per heavy atom. The van der Waals surface area contributed by atoms with E-state index in [9.17, 15) is 4.79 Å². The van der Waals surface area contributed by atoms with E-state index in [0.29, 0.717) is 29.8 Å². The minimum absolute atomic E-state index is 0.0367. The van der Waals surface area contributed by atoms with Gasteiger partial charge in [-0.1, -0.05) is 11.6 Å². The van der Waals surface area contributed by atoms with Gasteiger partial charge in [-0.3, -0.25) is 4.79 Å². The highest BCUT2D eigenvalue weighted by Crippen LogP contribution is 2.39. The van der Waals surface area contributed by atoms with Gasteiger partial charge in [0.05, 0.1) is 31.1 Å².